The second-order valence-electron chi connectivity index (χ2n) is 1.01. The topological polar surface area (TPSA) is 74.6 Å². The Morgan fingerprint density at radius 2 is 1.18 bits per heavy atom. The van der Waals surface area contributed by atoms with E-state index in [1.807, 2.05) is 0 Å². The largest absolute Gasteiger partial charge is 0.478 e. The van der Waals surface area contributed by atoms with Crippen molar-refractivity contribution >= 4 is 11.9 Å². The quantitative estimate of drug-likeness (QED) is 0.386. The first-order valence-corrected chi connectivity index (χ1v) is 2.27. The smallest absolute Gasteiger partial charge is 0.328 e. The molecule has 0 bridgehead atoms. The third-order valence-electron chi connectivity index (χ3n) is 0.368. The molecular formula is C6H8MnO4. The summed E-state index contributed by atoms with van der Waals surface area (Å²) in [4.78, 5) is 19.1. The van der Waals surface area contributed by atoms with E-state index < -0.39 is 11.9 Å². The van der Waals surface area contributed by atoms with Crippen LogP contribution in [0.2, 0.25) is 0 Å². The van der Waals surface area contributed by atoms with Crippen LogP contribution >= 0.6 is 0 Å². The average Bonchev–Trinajstić information content (AvgIpc) is 1.89. The van der Waals surface area contributed by atoms with E-state index in [1.165, 1.54) is 0 Å². The molecule has 0 aromatic rings. The Morgan fingerprint density at radius 3 is 1.27 bits per heavy atom. The Balaban J connectivity index is -0.000000196. The van der Waals surface area contributed by atoms with Crippen LogP contribution < -0.4 is 0 Å². The van der Waals surface area contributed by atoms with E-state index in [0.717, 1.165) is 0 Å². The summed E-state index contributed by atoms with van der Waals surface area (Å²) in [6.45, 7) is 6.00. The molecule has 0 amide bonds. The fraction of sp³-hybridized carbons (Fsp3) is 0. The summed E-state index contributed by atoms with van der Waals surface area (Å²) in [6.07, 6.45) is 1.12. The van der Waals surface area contributed by atoms with Gasteiger partial charge in [-0.1, -0.05) is 0 Å². The Labute approximate surface area is 74.7 Å². The van der Waals surface area contributed by atoms with Gasteiger partial charge in [0.1, 0.15) is 0 Å². The molecule has 63 valence electrons. The van der Waals surface area contributed by atoms with Gasteiger partial charge in [-0.3, -0.25) is 0 Å². The second-order valence-corrected chi connectivity index (χ2v) is 1.01. The molecule has 4 nitrogen and oxygen atoms in total. The van der Waals surface area contributed by atoms with Crippen LogP contribution in [0.4, 0.5) is 0 Å². The summed E-state index contributed by atoms with van der Waals surface area (Å²) >= 11 is 0. The zero-order valence-electron chi connectivity index (χ0n) is 5.66. The van der Waals surface area contributed by atoms with Crippen molar-refractivity contribution in [1.82, 2.24) is 0 Å². The fourth-order valence-corrected chi connectivity index (χ4v) is 0.143. The molecular weight excluding hydrogens is 191 g/mol. The van der Waals surface area contributed by atoms with Gasteiger partial charge >= 0.3 is 11.9 Å². The molecule has 0 heterocycles. The van der Waals surface area contributed by atoms with Crippen LogP contribution in [0.3, 0.4) is 0 Å². The summed E-state index contributed by atoms with van der Waals surface area (Å²) in [5.41, 5.74) is 0. The Bertz CT molecular complexity index is 137. The van der Waals surface area contributed by atoms with Gasteiger partial charge in [-0.2, -0.15) is 0 Å². The van der Waals surface area contributed by atoms with Crippen LogP contribution in [0.25, 0.3) is 0 Å². The van der Waals surface area contributed by atoms with Crippen molar-refractivity contribution in [2.75, 3.05) is 0 Å². The van der Waals surface area contributed by atoms with E-state index in [-0.39, 0.29) is 17.1 Å². The van der Waals surface area contributed by atoms with Crippen molar-refractivity contribution in [3.63, 3.8) is 0 Å². The number of aliphatic carboxylic acids is 2. The maximum absolute atomic E-state index is 9.55. The first-order valence-electron chi connectivity index (χ1n) is 2.27. The van der Waals surface area contributed by atoms with Gasteiger partial charge in [-0.15, -0.1) is 13.2 Å². The van der Waals surface area contributed by atoms with E-state index in [4.69, 9.17) is 10.2 Å². The van der Waals surface area contributed by atoms with Gasteiger partial charge in [0.05, 0.1) is 0 Å². The van der Waals surface area contributed by atoms with E-state index >= 15 is 0 Å². The first-order chi connectivity index (χ1) is 4.63. The molecule has 0 spiro atoms. The van der Waals surface area contributed by atoms with Crippen LogP contribution in [0, 0.1) is 0 Å². The summed E-state index contributed by atoms with van der Waals surface area (Å²) in [6, 6.07) is 0. The van der Waals surface area contributed by atoms with E-state index in [0.29, 0.717) is 12.2 Å². The molecule has 0 atom stereocenters. The van der Waals surface area contributed by atoms with Gasteiger partial charge < -0.3 is 10.2 Å². The molecule has 0 fully saturated rings. The van der Waals surface area contributed by atoms with Gasteiger partial charge in [-0.05, 0) is 0 Å². The minimum atomic E-state index is -1.26. The van der Waals surface area contributed by atoms with Gasteiger partial charge in [0.2, 0.25) is 0 Å². The molecule has 0 aliphatic carbocycles. The summed E-state index contributed by atoms with van der Waals surface area (Å²) in [5, 5.41) is 15.6. The van der Waals surface area contributed by atoms with E-state index in [9.17, 15) is 9.59 Å². The molecule has 0 saturated carbocycles. The van der Waals surface area contributed by atoms with Crippen molar-refractivity contribution < 1.29 is 36.9 Å². The predicted molar refractivity (Wildman–Crippen MR) is 35.7 cm³/mol. The average molecular weight is 199 g/mol. The number of hydrogen-bond acceptors (Lipinski definition) is 2. The van der Waals surface area contributed by atoms with Gasteiger partial charge in [0.25, 0.3) is 0 Å². The maximum Gasteiger partial charge on any atom is 0.328 e. The van der Waals surface area contributed by atoms with E-state index in [1.54, 1.807) is 0 Å². The minimum Gasteiger partial charge on any atom is -0.478 e. The molecule has 1 radical (unpaired) electrons. The zero-order chi connectivity index (χ0) is 8.57. The molecule has 5 heteroatoms. The van der Waals surface area contributed by atoms with Crippen molar-refractivity contribution in [1.29, 1.82) is 0 Å². The van der Waals surface area contributed by atoms with Gasteiger partial charge in [-0.25, -0.2) is 9.59 Å². The van der Waals surface area contributed by atoms with E-state index in [2.05, 4.69) is 13.2 Å². The fourth-order valence-electron chi connectivity index (χ4n) is 0.143. The summed E-state index contributed by atoms with van der Waals surface area (Å²) in [7, 11) is 0. The minimum absolute atomic E-state index is 0. The molecule has 2 N–H and O–H groups in total. The Morgan fingerprint density at radius 1 is 1.00 bits per heavy atom. The van der Waals surface area contributed by atoms with Crippen molar-refractivity contribution in [3.05, 3.63) is 25.3 Å². The number of hydrogen-bond donors (Lipinski definition) is 2. The number of carboxylic acids is 2. The SMILES string of the molecule is C=C.O=C(O)/C=C\C(=O)O.[Mn]. The summed E-state index contributed by atoms with van der Waals surface area (Å²) < 4.78 is 0. The Kier molecular flexibility index (Phi) is 17.5. The second kappa shape index (κ2) is 11.7. The standard InChI is InChI=1S/C4H4O4.C2H4.Mn/c5-3(6)1-2-4(7)8;1-2;/h1-2H,(H,5,6)(H,7,8);1-2H2;/b2-1-;;. The molecule has 0 rings (SSSR count). The third kappa shape index (κ3) is 27.7. The number of carboxylic acid groups (broad SMARTS) is 2. The van der Waals surface area contributed by atoms with Crippen LogP contribution in [-0.2, 0) is 26.7 Å². The molecule has 0 saturated heterocycles. The first kappa shape index (κ1) is 16.5. The Hall–Kier alpha value is -1.06. The van der Waals surface area contributed by atoms with Crippen LogP contribution in [0.1, 0.15) is 0 Å². The monoisotopic (exact) mass is 199 g/mol. The molecule has 0 aromatic carbocycles. The molecule has 0 aromatic heterocycles. The molecule has 0 aliphatic heterocycles. The number of carbonyl (C=O) groups is 2. The summed E-state index contributed by atoms with van der Waals surface area (Å²) in [5.74, 6) is -2.51. The van der Waals surface area contributed by atoms with Crippen molar-refractivity contribution in [2.24, 2.45) is 0 Å². The third-order valence-corrected chi connectivity index (χ3v) is 0.368. The molecule has 0 unspecified atom stereocenters. The van der Waals surface area contributed by atoms with Crippen LogP contribution in [0.5, 0.6) is 0 Å². The van der Waals surface area contributed by atoms with Crippen molar-refractivity contribution in [3.8, 4) is 0 Å². The predicted octanol–water partition coefficient (Wildman–Crippen LogP) is 0.512. The van der Waals surface area contributed by atoms with Crippen LogP contribution in [0.15, 0.2) is 25.3 Å². The van der Waals surface area contributed by atoms with Crippen LogP contribution in [-0.4, -0.2) is 22.2 Å². The number of rotatable bonds is 2. The van der Waals surface area contributed by atoms with Gasteiger partial charge in [0.15, 0.2) is 0 Å². The molecule has 11 heavy (non-hydrogen) atoms. The van der Waals surface area contributed by atoms with Gasteiger partial charge in [0, 0.05) is 29.2 Å². The maximum atomic E-state index is 9.55. The normalized spacial score (nSPS) is 7.27. The molecule has 0 aliphatic rings. The zero-order valence-corrected chi connectivity index (χ0v) is 6.84. The van der Waals surface area contributed by atoms with Crippen molar-refractivity contribution in [2.45, 2.75) is 0 Å².